The maximum Gasteiger partial charge on any atom is 0.0713 e. The summed E-state index contributed by atoms with van der Waals surface area (Å²) in [4.78, 5) is 0. The summed E-state index contributed by atoms with van der Waals surface area (Å²) in [6.07, 6.45) is 16.4. The number of rotatable bonds is 8. The lowest BCUT2D eigenvalue weighted by Gasteiger charge is -2.35. The van der Waals surface area contributed by atoms with Gasteiger partial charge in [0.2, 0.25) is 0 Å². The van der Waals surface area contributed by atoms with E-state index in [9.17, 15) is 0 Å². The zero-order valence-electron chi connectivity index (χ0n) is 22.0. The van der Waals surface area contributed by atoms with E-state index in [2.05, 4.69) is 150 Å². The van der Waals surface area contributed by atoms with Crippen molar-refractivity contribution in [2.75, 3.05) is 0 Å². The summed E-state index contributed by atoms with van der Waals surface area (Å²) in [6, 6.07) is 28.7. The van der Waals surface area contributed by atoms with Crippen LogP contribution in [0.5, 0.6) is 0 Å². The molecule has 0 spiro atoms. The Labute approximate surface area is 217 Å². The normalized spacial score (nSPS) is 14.9. The topological polar surface area (TPSA) is 0 Å². The van der Waals surface area contributed by atoms with Gasteiger partial charge in [-0.25, -0.2) is 0 Å². The summed E-state index contributed by atoms with van der Waals surface area (Å²) in [7, 11) is 0. The lowest BCUT2D eigenvalue weighted by atomic mass is 9.66. The first-order valence-corrected chi connectivity index (χ1v) is 12.8. The molecule has 0 heterocycles. The van der Waals surface area contributed by atoms with Gasteiger partial charge in [-0.15, -0.1) is 0 Å². The summed E-state index contributed by atoms with van der Waals surface area (Å²) in [5, 5.41) is 0. The van der Waals surface area contributed by atoms with E-state index in [1.54, 1.807) is 0 Å². The number of fused-ring (bicyclic) bond motifs is 1. The van der Waals surface area contributed by atoms with Gasteiger partial charge in [0.05, 0.1) is 5.41 Å². The van der Waals surface area contributed by atoms with Gasteiger partial charge in [-0.2, -0.15) is 0 Å². The third-order valence-corrected chi connectivity index (χ3v) is 6.75. The number of benzene rings is 3. The van der Waals surface area contributed by atoms with Gasteiger partial charge in [0, 0.05) is 0 Å². The van der Waals surface area contributed by atoms with Crippen LogP contribution in [0.2, 0.25) is 0 Å². The Balaban J connectivity index is 2.05. The fourth-order valence-corrected chi connectivity index (χ4v) is 5.37. The number of hydrogen-bond donors (Lipinski definition) is 0. The smallest absolute Gasteiger partial charge is 0.0713 e. The molecule has 0 unspecified atom stereocenters. The Morgan fingerprint density at radius 3 is 2.03 bits per heavy atom. The first-order chi connectivity index (χ1) is 17.6. The molecule has 3 aromatic carbocycles. The quantitative estimate of drug-likeness (QED) is 0.289. The van der Waals surface area contributed by atoms with Crippen molar-refractivity contribution in [2.24, 2.45) is 0 Å². The average Bonchev–Trinajstić information content (AvgIpc) is 3.17. The van der Waals surface area contributed by atoms with Crippen LogP contribution in [0.1, 0.15) is 61.9 Å². The summed E-state index contributed by atoms with van der Waals surface area (Å²) in [5.74, 6) is 0. The molecule has 0 atom stereocenters. The maximum absolute atomic E-state index is 4.26. The first-order valence-electron chi connectivity index (χ1n) is 12.8. The van der Waals surface area contributed by atoms with Crippen LogP contribution >= 0.6 is 0 Å². The van der Waals surface area contributed by atoms with Crippen molar-refractivity contribution < 1.29 is 0 Å². The summed E-state index contributed by atoms with van der Waals surface area (Å²) >= 11 is 0. The molecule has 4 rings (SSSR count). The molecule has 0 amide bonds. The molecule has 0 saturated heterocycles. The lowest BCUT2D eigenvalue weighted by Crippen LogP contribution is -2.29. The second-order valence-corrected chi connectivity index (χ2v) is 9.49. The molecule has 0 radical (unpaired) electrons. The molecule has 1 aliphatic carbocycles. The number of hydrogen-bond acceptors (Lipinski definition) is 0. The van der Waals surface area contributed by atoms with Crippen molar-refractivity contribution in [3.63, 3.8) is 0 Å². The highest BCUT2D eigenvalue weighted by atomic mass is 14.5. The van der Waals surface area contributed by atoms with Crippen molar-refractivity contribution in [3.05, 3.63) is 166 Å². The summed E-state index contributed by atoms with van der Waals surface area (Å²) in [6.45, 7) is 12.8. The molecular formula is C36H36. The molecule has 36 heavy (non-hydrogen) atoms. The van der Waals surface area contributed by atoms with Gasteiger partial charge in [0.15, 0.2) is 0 Å². The average molecular weight is 469 g/mol. The van der Waals surface area contributed by atoms with Gasteiger partial charge >= 0.3 is 0 Å². The van der Waals surface area contributed by atoms with Crippen LogP contribution in [0.15, 0.2) is 139 Å². The van der Waals surface area contributed by atoms with E-state index in [1.807, 2.05) is 6.08 Å². The van der Waals surface area contributed by atoms with E-state index >= 15 is 0 Å². The molecular weight excluding hydrogens is 432 g/mol. The largest absolute Gasteiger partial charge is 0.0984 e. The molecule has 0 nitrogen and oxygen atoms in total. The van der Waals surface area contributed by atoms with Crippen LogP contribution < -0.4 is 0 Å². The van der Waals surface area contributed by atoms with E-state index < -0.39 is 5.41 Å². The second kappa shape index (κ2) is 11.2. The summed E-state index contributed by atoms with van der Waals surface area (Å²) in [5.41, 5.74) is 10.8. The SMILES string of the molecule is C=CC1=C(C=C(C)C)C(c2ccccc2)(c2ccccc2)c2cc(/C=C/C(/C=C\C)=C/CC)ccc21. The Morgan fingerprint density at radius 2 is 1.50 bits per heavy atom. The standard InChI is InChI=1S/C36H36/c1-6-15-28(16-7-2)21-22-29-23-24-33-32(8-3)34(25-27(4)5)36(35(33)26-29,30-17-11-9-12-18-30)31-19-13-10-14-20-31/h6,8-26H,3,7H2,1-2,4-5H3/b15-6-,22-21+,28-16+. The summed E-state index contributed by atoms with van der Waals surface area (Å²) < 4.78 is 0. The van der Waals surface area contributed by atoms with Gasteiger partial charge in [-0.05, 0) is 77.8 Å². The highest BCUT2D eigenvalue weighted by Gasteiger charge is 2.46. The van der Waals surface area contributed by atoms with Crippen molar-refractivity contribution in [3.8, 4) is 0 Å². The van der Waals surface area contributed by atoms with E-state index in [1.165, 1.54) is 50.1 Å². The van der Waals surface area contributed by atoms with Crippen LogP contribution in [0, 0.1) is 0 Å². The molecule has 0 aliphatic heterocycles. The first kappa shape index (κ1) is 25.2. The van der Waals surface area contributed by atoms with Crippen molar-refractivity contribution >= 4 is 11.6 Å². The van der Waals surface area contributed by atoms with Gasteiger partial charge in [0.25, 0.3) is 0 Å². The third kappa shape index (κ3) is 4.64. The minimum absolute atomic E-state index is 0.423. The predicted molar refractivity (Wildman–Crippen MR) is 158 cm³/mol. The van der Waals surface area contributed by atoms with Gasteiger partial charge < -0.3 is 0 Å². The highest BCUT2D eigenvalue weighted by Crippen LogP contribution is 2.55. The fourth-order valence-electron chi connectivity index (χ4n) is 5.37. The van der Waals surface area contributed by atoms with Crippen molar-refractivity contribution in [1.82, 2.24) is 0 Å². The highest BCUT2D eigenvalue weighted by molar-refractivity contribution is 5.92. The Hall–Kier alpha value is -3.90. The van der Waals surface area contributed by atoms with Crippen LogP contribution in [0.3, 0.4) is 0 Å². The van der Waals surface area contributed by atoms with E-state index in [-0.39, 0.29) is 0 Å². The monoisotopic (exact) mass is 468 g/mol. The molecule has 0 heteroatoms. The van der Waals surface area contributed by atoms with E-state index in [0.717, 1.165) is 6.42 Å². The second-order valence-electron chi connectivity index (χ2n) is 9.49. The van der Waals surface area contributed by atoms with Gasteiger partial charge in [-0.3, -0.25) is 0 Å². The van der Waals surface area contributed by atoms with Gasteiger partial charge in [-0.1, -0.05) is 134 Å². The fraction of sp³-hybridized carbons (Fsp3) is 0.167. The zero-order valence-corrected chi connectivity index (χ0v) is 22.0. The Bertz CT molecular complexity index is 1330. The molecule has 3 aromatic rings. The van der Waals surface area contributed by atoms with Crippen molar-refractivity contribution in [1.29, 1.82) is 0 Å². The minimum Gasteiger partial charge on any atom is -0.0984 e. The van der Waals surface area contributed by atoms with E-state index in [0.29, 0.717) is 0 Å². The zero-order chi connectivity index (χ0) is 25.5. The molecule has 0 fully saturated rings. The number of allylic oxidation sites excluding steroid dienone is 10. The van der Waals surface area contributed by atoms with Crippen LogP contribution in [-0.4, -0.2) is 0 Å². The molecule has 180 valence electrons. The lowest BCUT2D eigenvalue weighted by molar-refractivity contribution is 0.759. The van der Waals surface area contributed by atoms with Crippen LogP contribution in [0.25, 0.3) is 11.6 Å². The molecule has 1 aliphatic rings. The third-order valence-electron chi connectivity index (χ3n) is 6.75. The van der Waals surface area contributed by atoms with Crippen molar-refractivity contribution in [2.45, 2.75) is 39.5 Å². The predicted octanol–water partition coefficient (Wildman–Crippen LogP) is 9.87. The van der Waals surface area contributed by atoms with Crippen LogP contribution in [0.4, 0.5) is 0 Å². The molecule has 0 N–H and O–H groups in total. The Kier molecular flexibility index (Phi) is 7.86. The minimum atomic E-state index is -0.423. The molecule has 0 bridgehead atoms. The Morgan fingerprint density at radius 1 is 0.861 bits per heavy atom. The molecule has 0 aromatic heterocycles. The van der Waals surface area contributed by atoms with E-state index in [4.69, 9.17) is 0 Å². The van der Waals surface area contributed by atoms with Gasteiger partial charge in [0.1, 0.15) is 0 Å². The maximum atomic E-state index is 4.26. The molecule has 0 saturated carbocycles. The van der Waals surface area contributed by atoms with Crippen LogP contribution in [-0.2, 0) is 5.41 Å².